The summed E-state index contributed by atoms with van der Waals surface area (Å²) in [4.78, 5) is 17.7. The van der Waals surface area contributed by atoms with Crippen molar-refractivity contribution in [2.75, 3.05) is 0 Å². The lowest BCUT2D eigenvalue weighted by Gasteiger charge is -1.98. The average Bonchev–Trinajstić information content (AvgIpc) is 3.08. The highest BCUT2D eigenvalue weighted by Crippen LogP contribution is 2.20. The van der Waals surface area contributed by atoms with Crippen LogP contribution >= 0.6 is 27.3 Å². The number of nitrogens with zero attached hydrogens (tertiary/aromatic N) is 3. The van der Waals surface area contributed by atoms with Gasteiger partial charge in [0.05, 0.1) is 4.53 Å². The number of thiazole rings is 1. The molecule has 0 N–H and O–H groups in total. The molecule has 0 aliphatic rings. The van der Waals surface area contributed by atoms with Crippen LogP contribution in [0.1, 0.15) is 11.1 Å². The van der Waals surface area contributed by atoms with Crippen molar-refractivity contribution in [3.8, 4) is 11.4 Å². The number of hydrogen-bond acceptors (Lipinski definition) is 4. The first kappa shape index (κ1) is 15.2. The van der Waals surface area contributed by atoms with Crippen molar-refractivity contribution >= 4 is 38.3 Å². The van der Waals surface area contributed by atoms with Crippen LogP contribution in [0.3, 0.4) is 0 Å². The monoisotopic (exact) mass is 397 g/mol. The predicted molar refractivity (Wildman–Crippen MR) is 100 cm³/mol. The van der Waals surface area contributed by atoms with Crippen molar-refractivity contribution in [3.63, 3.8) is 0 Å². The highest BCUT2D eigenvalue weighted by atomic mass is 79.9. The molecule has 0 atom stereocenters. The minimum atomic E-state index is -0.137. The molecule has 2 aromatic carbocycles. The van der Waals surface area contributed by atoms with E-state index in [0.29, 0.717) is 15.3 Å². The molecule has 0 fully saturated rings. The van der Waals surface area contributed by atoms with E-state index in [1.165, 1.54) is 15.9 Å². The van der Waals surface area contributed by atoms with Gasteiger partial charge in [-0.2, -0.15) is 9.50 Å². The summed E-state index contributed by atoms with van der Waals surface area (Å²) in [6, 6.07) is 15.7. The zero-order chi connectivity index (χ0) is 16.7. The fourth-order valence-electron chi connectivity index (χ4n) is 2.52. The molecule has 0 radical (unpaired) electrons. The fraction of sp³-hybridized carbons (Fsp3) is 0.0556. The number of aromatic nitrogens is 3. The largest absolute Gasteiger partial charge is 0.291 e. The number of hydrogen-bond donors (Lipinski definition) is 0. The van der Waals surface area contributed by atoms with E-state index in [2.05, 4.69) is 26.0 Å². The van der Waals surface area contributed by atoms with E-state index in [9.17, 15) is 4.79 Å². The van der Waals surface area contributed by atoms with E-state index in [4.69, 9.17) is 0 Å². The summed E-state index contributed by atoms with van der Waals surface area (Å²) in [5.74, 6) is 0.588. The molecule has 2 heterocycles. The minimum Gasteiger partial charge on any atom is -0.266 e. The van der Waals surface area contributed by atoms with E-state index < -0.39 is 0 Å². The van der Waals surface area contributed by atoms with Crippen LogP contribution in [0.25, 0.3) is 22.4 Å². The molecule has 0 bridgehead atoms. The summed E-state index contributed by atoms with van der Waals surface area (Å²) < 4.78 is 2.99. The Hall–Kier alpha value is -2.31. The highest BCUT2D eigenvalue weighted by Gasteiger charge is 2.13. The Balaban J connectivity index is 1.85. The number of fused-ring (bicyclic) bond motifs is 1. The molecule has 118 valence electrons. The van der Waals surface area contributed by atoms with E-state index in [-0.39, 0.29) is 5.56 Å². The Morgan fingerprint density at radius 1 is 1.17 bits per heavy atom. The lowest BCUT2D eigenvalue weighted by Crippen LogP contribution is -2.23. The molecule has 0 unspecified atom stereocenters. The maximum Gasteiger partial charge on any atom is 0.291 e. The molecule has 0 aliphatic heterocycles. The van der Waals surface area contributed by atoms with Crippen LogP contribution in [-0.4, -0.2) is 14.6 Å². The van der Waals surface area contributed by atoms with Gasteiger partial charge in [-0.1, -0.05) is 63.7 Å². The van der Waals surface area contributed by atoms with E-state index in [1.54, 1.807) is 0 Å². The van der Waals surface area contributed by atoms with Crippen LogP contribution in [0, 0.1) is 6.92 Å². The molecule has 0 spiro atoms. The molecule has 4 rings (SSSR count). The topological polar surface area (TPSA) is 47.3 Å². The van der Waals surface area contributed by atoms with Gasteiger partial charge in [-0.05, 0) is 36.3 Å². The smallest absolute Gasteiger partial charge is 0.266 e. The molecule has 24 heavy (non-hydrogen) atoms. The van der Waals surface area contributed by atoms with Gasteiger partial charge in [-0.25, -0.2) is 0 Å². The molecule has 2 aromatic heterocycles. The summed E-state index contributed by atoms with van der Waals surface area (Å²) >= 11 is 4.79. The van der Waals surface area contributed by atoms with E-state index in [1.807, 2.05) is 61.5 Å². The van der Waals surface area contributed by atoms with E-state index in [0.717, 1.165) is 21.2 Å². The van der Waals surface area contributed by atoms with E-state index >= 15 is 0 Å². The van der Waals surface area contributed by atoms with Gasteiger partial charge in [0.15, 0.2) is 5.82 Å². The van der Waals surface area contributed by atoms with Gasteiger partial charge in [0.2, 0.25) is 4.96 Å². The Bertz CT molecular complexity index is 1160. The van der Waals surface area contributed by atoms with Gasteiger partial charge in [0, 0.05) is 10.0 Å². The van der Waals surface area contributed by atoms with Gasteiger partial charge in [0.25, 0.3) is 5.56 Å². The molecule has 6 heteroatoms. The number of rotatable bonds is 2. The van der Waals surface area contributed by atoms with Crippen molar-refractivity contribution in [2.45, 2.75) is 6.92 Å². The van der Waals surface area contributed by atoms with Crippen LogP contribution < -0.4 is 10.1 Å². The predicted octanol–water partition coefficient (Wildman–Crippen LogP) is 3.44. The SMILES string of the molecule is Cc1ccccc1-c1nc2s/c(=C\c3cccc(Br)c3)c(=O)n2n1. The number of halogens is 1. The van der Waals surface area contributed by atoms with Gasteiger partial charge in [-0.3, -0.25) is 4.79 Å². The van der Waals surface area contributed by atoms with Gasteiger partial charge in [-0.15, -0.1) is 5.10 Å². The summed E-state index contributed by atoms with van der Waals surface area (Å²) in [7, 11) is 0. The summed E-state index contributed by atoms with van der Waals surface area (Å²) in [6.07, 6.45) is 1.86. The van der Waals surface area contributed by atoms with Crippen LogP contribution in [0.4, 0.5) is 0 Å². The minimum absolute atomic E-state index is 0.137. The third kappa shape index (κ3) is 2.68. The highest BCUT2D eigenvalue weighted by molar-refractivity contribution is 9.10. The first-order chi connectivity index (χ1) is 11.6. The van der Waals surface area contributed by atoms with Crippen LogP contribution in [0.15, 0.2) is 57.8 Å². The van der Waals surface area contributed by atoms with Gasteiger partial charge in [0.1, 0.15) is 0 Å². The Morgan fingerprint density at radius 3 is 2.75 bits per heavy atom. The third-order valence-corrected chi connectivity index (χ3v) is 5.17. The first-order valence-electron chi connectivity index (χ1n) is 7.35. The second kappa shape index (κ2) is 5.96. The van der Waals surface area contributed by atoms with Crippen LogP contribution in [0.2, 0.25) is 0 Å². The van der Waals surface area contributed by atoms with Crippen molar-refractivity contribution in [2.24, 2.45) is 0 Å². The number of benzene rings is 2. The summed E-state index contributed by atoms with van der Waals surface area (Å²) in [6.45, 7) is 2.01. The Labute approximate surface area is 150 Å². The second-order valence-electron chi connectivity index (χ2n) is 5.42. The molecule has 0 saturated heterocycles. The van der Waals surface area contributed by atoms with Crippen molar-refractivity contribution in [1.82, 2.24) is 14.6 Å². The van der Waals surface area contributed by atoms with Crippen molar-refractivity contribution < 1.29 is 0 Å². The standard InChI is InChI=1S/C18H12BrN3OS/c1-11-5-2-3-8-14(11)16-20-18-22(21-16)17(23)15(24-18)10-12-6-4-7-13(19)9-12/h2-10H,1H3/b15-10-. The molecular formula is C18H12BrN3OS. The summed E-state index contributed by atoms with van der Waals surface area (Å²) in [5, 5.41) is 4.40. The molecule has 4 nitrogen and oxygen atoms in total. The maximum absolute atomic E-state index is 12.6. The summed E-state index contributed by atoms with van der Waals surface area (Å²) in [5.41, 5.74) is 2.86. The molecule has 0 aliphatic carbocycles. The zero-order valence-corrected chi connectivity index (χ0v) is 15.1. The maximum atomic E-state index is 12.6. The molecule has 0 amide bonds. The first-order valence-corrected chi connectivity index (χ1v) is 8.95. The lowest BCUT2D eigenvalue weighted by molar-refractivity contribution is 0.936. The lowest BCUT2D eigenvalue weighted by atomic mass is 10.1. The normalized spacial score (nSPS) is 12.2. The number of aryl methyl sites for hydroxylation is 1. The van der Waals surface area contributed by atoms with Gasteiger partial charge >= 0.3 is 0 Å². The second-order valence-corrected chi connectivity index (χ2v) is 7.34. The quantitative estimate of drug-likeness (QED) is 0.520. The molecular weight excluding hydrogens is 386 g/mol. The fourth-order valence-corrected chi connectivity index (χ4v) is 3.84. The Morgan fingerprint density at radius 2 is 2.00 bits per heavy atom. The van der Waals surface area contributed by atoms with Crippen molar-refractivity contribution in [1.29, 1.82) is 0 Å². The van der Waals surface area contributed by atoms with Crippen molar-refractivity contribution in [3.05, 3.63) is 79.0 Å². The molecule has 0 saturated carbocycles. The zero-order valence-electron chi connectivity index (χ0n) is 12.7. The van der Waals surface area contributed by atoms with Crippen LogP contribution in [0.5, 0.6) is 0 Å². The third-order valence-electron chi connectivity index (χ3n) is 3.71. The van der Waals surface area contributed by atoms with Crippen LogP contribution in [-0.2, 0) is 0 Å². The van der Waals surface area contributed by atoms with Gasteiger partial charge < -0.3 is 0 Å². The average molecular weight is 398 g/mol. The Kier molecular flexibility index (Phi) is 3.78. The molecule has 4 aromatic rings.